The number of hydrogen-bond donors (Lipinski definition) is 1. The van der Waals surface area contributed by atoms with Gasteiger partial charge in [-0.2, -0.15) is 0 Å². The number of rotatable bonds is 5. The molecule has 1 N–H and O–H groups in total. The van der Waals surface area contributed by atoms with E-state index >= 15 is 0 Å². The largest absolute Gasteiger partial charge is 0.472 e. The van der Waals surface area contributed by atoms with Crippen LogP contribution in [0.15, 0.2) is 41.2 Å². The van der Waals surface area contributed by atoms with Gasteiger partial charge in [-0.3, -0.25) is 0 Å². The minimum absolute atomic E-state index is 0.122. The highest BCUT2D eigenvalue weighted by Gasteiger charge is 2.14. The molecule has 0 saturated heterocycles. The Labute approximate surface area is 111 Å². The topological polar surface area (TPSA) is 25.2 Å². The molecule has 1 aromatic carbocycles. The first-order chi connectivity index (χ1) is 8.70. The van der Waals surface area contributed by atoms with E-state index in [1.807, 2.05) is 13.0 Å². The van der Waals surface area contributed by atoms with Crippen molar-refractivity contribution >= 4 is 11.6 Å². The minimum atomic E-state index is -0.313. The number of benzene rings is 1. The van der Waals surface area contributed by atoms with Crippen molar-refractivity contribution in [3.05, 3.63) is 58.8 Å². The first-order valence-electron chi connectivity index (χ1n) is 5.90. The zero-order valence-electron chi connectivity index (χ0n) is 10.1. The lowest BCUT2D eigenvalue weighted by Gasteiger charge is -2.17. The highest BCUT2D eigenvalue weighted by atomic mass is 35.5. The van der Waals surface area contributed by atoms with Crippen LogP contribution in [0.2, 0.25) is 5.02 Å². The number of hydrogen-bond acceptors (Lipinski definition) is 2. The van der Waals surface area contributed by atoms with Gasteiger partial charge in [0.2, 0.25) is 0 Å². The zero-order valence-corrected chi connectivity index (χ0v) is 10.9. The summed E-state index contributed by atoms with van der Waals surface area (Å²) < 4.78 is 18.1. The number of likely N-dealkylation sites (N-methyl/N-ethyl adjacent to an activating group) is 1. The molecule has 0 aliphatic carbocycles. The Hall–Kier alpha value is -1.32. The van der Waals surface area contributed by atoms with E-state index in [1.165, 1.54) is 12.1 Å². The van der Waals surface area contributed by atoms with Gasteiger partial charge in [0.1, 0.15) is 5.82 Å². The summed E-state index contributed by atoms with van der Waals surface area (Å²) in [6.07, 6.45) is 4.06. The molecule has 2 nitrogen and oxygen atoms in total. The molecule has 1 unspecified atom stereocenters. The van der Waals surface area contributed by atoms with Crippen molar-refractivity contribution in [1.29, 1.82) is 0 Å². The molecule has 4 heteroatoms. The third-order valence-corrected chi connectivity index (χ3v) is 3.19. The van der Waals surface area contributed by atoms with Crippen LogP contribution in [0.5, 0.6) is 0 Å². The van der Waals surface area contributed by atoms with Crippen molar-refractivity contribution in [2.24, 2.45) is 0 Å². The molecule has 18 heavy (non-hydrogen) atoms. The van der Waals surface area contributed by atoms with Gasteiger partial charge in [0.25, 0.3) is 0 Å². The third-order valence-electron chi connectivity index (χ3n) is 2.84. The van der Waals surface area contributed by atoms with Crippen LogP contribution in [0.25, 0.3) is 0 Å². The van der Waals surface area contributed by atoms with Gasteiger partial charge in [-0.25, -0.2) is 4.39 Å². The minimum Gasteiger partial charge on any atom is -0.472 e. The Morgan fingerprint density at radius 2 is 2.22 bits per heavy atom. The van der Waals surface area contributed by atoms with Crippen LogP contribution >= 0.6 is 11.6 Å². The zero-order chi connectivity index (χ0) is 13.0. The van der Waals surface area contributed by atoms with Crippen molar-refractivity contribution in [1.82, 2.24) is 5.32 Å². The molecule has 96 valence electrons. The van der Waals surface area contributed by atoms with Gasteiger partial charge in [0.05, 0.1) is 12.5 Å². The molecular formula is C14H15ClFNO. The quantitative estimate of drug-likeness (QED) is 0.887. The SMILES string of the molecule is CCNC(Cc1ccc(F)cc1Cl)c1ccoc1. The Morgan fingerprint density at radius 1 is 1.39 bits per heavy atom. The van der Waals surface area contributed by atoms with Gasteiger partial charge in [0, 0.05) is 16.6 Å². The van der Waals surface area contributed by atoms with E-state index in [1.54, 1.807) is 18.6 Å². The molecule has 1 atom stereocenters. The smallest absolute Gasteiger partial charge is 0.124 e. The fourth-order valence-corrected chi connectivity index (χ4v) is 2.18. The molecule has 0 radical (unpaired) electrons. The van der Waals surface area contributed by atoms with E-state index in [0.717, 1.165) is 17.7 Å². The summed E-state index contributed by atoms with van der Waals surface area (Å²) in [6, 6.07) is 6.54. The predicted molar refractivity (Wildman–Crippen MR) is 70.2 cm³/mol. The molecule has 0 spiro atoms. The van der Waals surface area contributed by atoms with Gasteiger partial charge in [0.15, 0.2) is 0 Å². The predicted octanol–water partition coefficient (Wildman–Crippen LogP) is 3.97. The van der Waals surface area contributed by atoms with E-state index in [0.29, 0.717) is 11.4 Å². The van der Waals surface area contributed by atoms with E-state index < -0.39 is 0 Å². The maximum absolute atomic E-state index is 13.0. The summed E-state index contributed by atoms with van der Waals surface area (Å²) in [5.41, 5.74) is 1.99. The van der Waals surface area contributed by atoms with E-state index in [-0.39, 0.29) is 11.9 Å². The standard InChI is InChI=1S/C14H15ClFNO/c1-2-17-14(11-5-6-18-9-11)7-10-3-4-12(16)8-13(10)15/h3-6,8-9,14,17H,2,7H2,1H3. The number of furan rings is 1. The highest BCUT2D eigenvalue weighted by molar-refractivity contribution is 6.31. The monoisotopic (exact) mass is 267 g/mol. The van der Waals surface area contributed by atoms with Crippen LogP contribution in [0.4, 0.5) is 4.39 Å². The number of nitrogens with one attached hydrogen (secondary N) is 1. The molecule has 0 aliphatic heterocycles. The molecule has 0 bridgehead atoms. The maximum Gasteiger partial charge on any atom is 0.124 e. The van der Waals surface area contributed by atoms with Crippen LogP contribution in [0.3, 0.4) is 0 Å². The summed E-state index contributed by atoms with van der Waals surface area (Å²) >= 11 is 6.04. The Kier molecular flexibility index (Phi) is 4.39. The molecule has 2 rings (SSSR count). The normalized spacial score (nSPS) is 12.6. The van der Waals surface area contributed by atoms with Crippen LogP contribution in [0, 0.1) is 5.82 Å². The fraction of sp³-hybridized carbons (Fsp3) is 0.286. The summed E-state index contributed by atoms with van der Waals surface area (Å²) in [6.45, 7) is 2.88. The summed E-state index contributed by atoms with van der Waals surface area (Å²) in [7, 11) is 0. The molecule has 0 fully saturated rings. The third kappa shape index (κ3) is 3.12. The van der Waals surface area contributed by atoms with Gasteiger partial charge in [-0.15, -0.1) is 0 Å². The molecule has 0 saturated carbocycles. The van der Waals surface area contributed by atoms with E-state index in [9.17, 15) is 4.39 Å². The lowest BCUT2D eigenvalue weighted by atomic mass is 10.0. The van der Waals surface area contributed by atoms with E-state index in [2.05, 4.69) is 5.32 Å². The first-order valence-corrected chi connectivity index (χ1v) is 6.28. The van der Waals surface area contributed by atoms with Gasteiger partial charge in [-0.1, -0.05) is 24.6 Å². The van der Waals surface area contributed by atoms with Gasteiger partial charge in [-0.05, 0) is 36.7 Å². The second-order valence-corrected chi connectivity index (χ2v) is 4.51. The molecule has 2 aromatic rings. The average Bonchev–Trinajstić information content (AvgIpc) is 2.85. The second-order valence-electron chi connectivity index (χ2n) is 4.11. The van der Waals surface area contributed by atoms with Crippen molar-refractivity contribution in [2.45, 2.75) is 19.4 Å². The fourth-order valence-electron chi connectivity index (χ4n) is 1.93. The maximum atomic E-state index is 13.0. The van der Waals surface area contributed by atoms with Crippen LogP contribution < -0.4 is 5.32 Å². The Bertz CT molecular complexity index is 499. The average molecular weight is 268 g/mol. The van der Waals surface area contributed by atoms with Crippen molar-refractivity contribution in [3.8, 4) is 0 Å². The van der Waals surface area contributed by atoms with Crippen LogP contribution in [-0.2, 0) is 6.42 Å². The second kappa shape index (κ2) is 6.03. The molecule has 1 heterocycles. The van der Waals surface area contributed by atoms with Crippen LogP contribution in [-0.4, -0.2) is 6.54 Å². The Balaban J connectivity index is 2.18. The molecule has 1 aromatic heterocycles. The van der Waals surface area contributed by atoms with Crippen molar-refractivity contribution in [3.63, 3.8) is 0 Å². The molecule has 0 aliphatic rings. The lowest BCUT2D eigenvalue weighted by Crippen LogP contribution is -2.22. The first kappa shape index (κ1) is 13.1. The molecular weight excluding hydrogens is 253 g/mol. The lowest BCUT2D eigenvalue weighted by molar-refractivity contribution is 0.524. The summed E-state index contributed by atoms with van der Waals surface area (Å²) in [5.74, 6) is -0.313. The highest BCUT2D eigenvalue weighted by Crippen LogP contribution is 2.24. The summed E-state index contributed by atoms with van der Waals surface area (Å²) in [5, 5.41) is 3.82. The van der Waals surface area contributed by atoms with Crippen molar-refractivity contribution < 1.29 is 8.81 Å². The van der Waals surface area contributed by atoms with Crippen molar-refractivity contribution in [2.75, 3.05) is 6.54 Å². The van der Waals surface area contributed by atoms with Gasteiger partial charge >= 0.3 is 0 Å². The summed E-state index contributed by atoms with van der Waals surface area (Å²) in [4.78, 5) is 0. The van der Waals surface area contributed by atoms with E-state index in [4.69, 9.17) is 16.0 Å². The number of halogens is 2. The van der Waals surface area contributed by atoms with Gasteiger partial charge < -0.3 is 9.73 Å². The molecule has 0 amide bonds. The Morgan fingerprint density at radius 3 is 2.83 bits per heavy atom. The van der Waals surface area contributed by atoms with Crippen LogP contribution in [0.1, 0.15) is 24.1 Å².